The second-order valence-corrected chi connectivity index (χ2v) is 7.84. The number of hydrogen-bond donors (Lipinski definition) is 1. The third-order valence-corrected chi connectivity index (χ3v) is 5.67. The highest BCUT2D eigenvalue weighted by Crippen LogP contribution is 2.27. The number of carbonyl (C=O) groups is 2. The van der Waals surface area contributed by atoms with E-state index in [4.69, 9.17) is 4.52 Å². The number of rotatable bonds is 5. The van der Waals surface area contributed by atoms with E-state index >= 15 is 0 Å². The summed E-state index contributed by atoms with van der Waals surface area (Å²) in [5, 5.41) is 9.14. The number of halogens is 1. The predicted octanol–water partition coefficient (Wildman–Crippen LogP) is 4.30. The van der Waals surface area contributed by atoms with Gasteiger partial charge in [-0.05, 0) is 41.1 Å². The van der Waals surface area contributed by atoms with Crippen molar-refractivity contribution in [3.63, 3.8) is 0 Å². The van der Waals surface area contributed by atoms with Crippen molar-refractivity contribution in [3.8, 4) is 11.3 Å². The zero-order valence-corrected chi connectivity index (χ0v) is 17.1. The maximum Gasteiger partial charge on any atom is 0.227 e. The summed E-state index contributed by atoms with van der Waals surface area (Å²) in [5.74, 6) is -0.599. The number of hydrogen-bond acceptors (Lipinski definition) is 4. The quantitative estimate of drug-likeness (QED) is 0.513. The first-order valence-electron chi connectivity index (χ1n) is 10.4. The summed E-state index contributed by atoms with van der Waals surface area (Å²) in [7, 11) is 0. The maximum absolute atomic E-state index is 13.1. The molecule has 2 heterocycles. The Morgan fingerprint density at radius 3 is 2.66 bits per heavy atom. The third-order valence-electron chi connectivity index (χ3n) is 5.67. The number of benzene rings is 3. The van der Waals surface area contributed by atoms with Crippen LogP contribution in [0.3, 0.4) is 0 Å². The van der Waals surface area contributed by atoms with E-state index in [1.54, 1.807) is 6.07 Å². The average Bonchev–Trinajstić information content (AvgIpc) is 3.45. The number of carbonyl (C=O) groups excluding carboxylic acids is 2. The van der Waals surface area contributed by atoms with Crippen molar-refractivity contribution >= 4 is 28.3 Å². The van der Waals surface area contributed by atoms with Crippen molar-refractivity contribution in [2.24, 2.45) is 5.92 Å². The SMILES string of the molecule is O=C(NCc1cc(-c2ccc3ccccc3c2)on1)C1CC(=O)N(c2ccc(F)cc2)C1. The molecular formula is C25H20FN3O3. The molecule has 5 rings (SSSR count). The molecule has 1 fully saturated rings. The lowest BCUT2D eigenvalue weighted by molar-refractivity contribution is -0.126. The Hall–Kier alpha value is -4.00. The number of nitrogens with one attached hydrogen (secondary N) is 1. The molecule has 1 atom stereocenters. The van der Waals surface area contributed by atoms with Crippen LogP contribution in [0.2, 0.25) is 0 Å². The molecule has 2 amide bonds. The lowest BCUT2D eigenvalue weighted by Gasteiger charge is -2.16. The Kier molecular flexibility index (Phi) is 5.15. The van der Waals surface area contributed by atoms with Crippen molar-refractivity contribution in [2.45, 2.75) is 13.0 Å². The molecule has 1 unspecified atom stereocenters. The van der Waals surface area contributed by atoms with E-state index in [9.17, 15) is 14.0 Å². The highest BCUT2D eigenvalue weighted by Gasteiger charge is 2.35. The van der Waals surface area contributed by atoms with Gasteiger partial charge in [-0.2, -0.15) is 0 Å². The Labute approximate surface area is 183 Å². The molecule has 4 aromatic rings. The first kappa shape index (κ1) is 19.9. The normalized spacial score (nSPS) is 16.0. The van der Waals surface area contributed by atoms with E-state index in [-0.39, 0.29) is 37.1 Å². The summed E-state index contributed by atoms with van der Waals surface area (Å²) < 4.78 is 18.6. The second-order valence-electron chi connectivity index (χ2n) is 7.84. The van der Waals surface area contributed by atoms with E-state index in [2.05, 4.69) is 10.5 Å². The summed E-state index contributed by atoms with van der Waals surface area (Å²) in [6.07, 6.45) is 0.115. The van der Waals surface area contributed by atoms with Gasteiger partial charge in [0.2, 0.25) is 11.8 Å². The fraction of sp³-hybridized carbons (Fsp3) is 0.160. The van der Waals surface area contributed by atoms with E-state index in [1.165, 1.54) is 29.2 Å². The van der Waals surface area contributed by atoms with Crippen molar-refractivity contribution in [1.29, 1.82) is 0 Å². The Balaban J connectivity index is 1.21. The molecule has 0 bridgehead atoms. The molecule has 1 aromatic heterocycles. The molecule has 1 saturated heterocycles. The van der Waals surface area contributed by atoms with Crippen LogP contribution in [0.1, 0.15) is 12.1 Å². The van der Waals surface area contributed by atoms with E-state index < -0.39 is 5.92 Å². The van der Waals surface area contributed by atoms with Gasteiger partial charge in [0, 0.05) is 30.3 Å². The van der Waals surface area contributed by atoms with Gasteiger partial charge in [-0.25, -0.2) is 4.39 Å². The van der Waals surface area contributed by atoms with Gasteiger partial charge in [-0.1, -0.05) is 41.6 Å². The maximum atomic E-state index is 13.1. The number of nitrogens with zero attached hydrogens (tertiary/aromatic N) is 2. The number of amides is 2. The van der Waals surface area contributed by atoms with Crippen LogP contribution in [-0.2, 0) is 16.1 Å². The molecule has 0 spiro atoms. The molecule has 7 heteroatoms. The van der Waals surface area contributed by atoms with Gasteiger partial charge in [0.05, 0.1) is 12.5 Å². The van der Waals surface area contributed by atoms with Crippen LogP contribution < -0.4 is 10.2 Å². The van der Waals surface area contributed by atoms with Crippen LogP contribution in [-0.4, -0.2) is 23.5 Å². The minimum atomic E-state index is -0.473. The van der Waals surface area contributed by atoms with E-state index in [1.807, 2.05) is 42.5 Å². The molecule has 6 nitrogen and oxygen atoms in total. The summed E-state index contributed by atoms with van der Waals surface area (Å²) >= 11 is 0. The zero-order chi connectivity index (χ0) is 22.1. The third kappa shape index (κ3) is 3.97. The van der Waals surface area contributed by atoms with Crippen molar-refractivity contribution < 1.29 is 18.5 Å². The molecule has 3 aromatic carbocycles. The predicted molar refractivity (Wildman–Crippen MR) is 118 cm³/mol. The molecule has 0 saturated carbocycles. The summed E-state index contributed by atoms with van der Waals surface area (Å²) in [5.41, 5.74) is 2.09. The largest absolute Gasteiger partial charge is 0.356 e. The van der Waals surface area contributed by atoms with Crippen molar-refractivity contribution in [1.82, 2.24) is 10.5 Å². The van der Waals surface area contributed by atoms with E-state index in [0.717, 1.165) is 16.3 Å². The Bertz CT molecular complexity index is 1300. The fourth-order valence-electron chi connectivity index (χ4n) is 3.95. The molecule has 32 heavy (non-hydrogen) atoms. The first-order chi connectivity index (χ1) is 15.6. The van der Waals surface area contributed by atoms with Crippen molar-refractivity contribution in [3.05, 3.63) is 84.3 Å². The number of anilines is 1. The van der Waals surface area contributed by atoms with Gasteiger partial charge in [0.1, 0.15) is 11.5 Å². The van der Waals surface area contributed by atoms with Gasteiger partial charge in [-0.3, -0.25) is 9.59 Å². The number of fused-ring (bicyclic) bond motifs is 1. The highest BCUT2D eigenvalue weighted by atomic mass is 19.1. The van der Waals surface area contributed by atoms with Crippen LogP contribution in [0.15, 0.2) is 77.3 Å². The van der Waals surface area contributed by atoms with Crippen LogP contribution >= 0.6 is 0 Å². The van der Waals surface area contributed by atoms with Crippen LogP contribution in [0, 0.1) is 11.7 Å². The number of aromatic nitrogens is 1. The lowest BCUT2D eigenvalue weighted by Crippen LogP contribution is -2.32. The summed E-state index contributed by atoms with van der Waals surface area (Å²) in [6.45, 7) is 0.467. The van der Waals surface area contributed by atoms with Crippen LogP contribution in [0.25, 0.3) is 22.1 Å². The lowest BCUT2D eigenvalue weighted by atomic mass is 10.1. The van der Waals surface area contributed by atoms with Gasteiger partial charge < -0.3 is 14.7 Å². The zero-order valence-electron chi connectivity index (χ0n) is 17.1. The van der Waals surface area contributed by atoms with E-state index in [0.29, 0.717) is 17.1 Å². The fourth-order valence-corrected chi connectivity index (χ4v) is 3.95. The highest BCUT2D eigenvalue weighted by molar-refractivity contribution is 6.00. The Morgan fingerprint density at radius 1 is 1.06 bits per heavy atom. The average molecular weight is 429 g/mol. The summed E-state index contributed by atoms with van der Waals surface area (Å²) in [4.78, 5) is 26.4. The monoisotopic (exact) mass is 429 g/mol. The van der Waals surface area contributed by atoms with Crippen LogP contribution in [0.5, 0.6) is 0 Å². The molecule has 1 N–H and O–H groups in total. The molecule has 0 aliphatic carbocycles. The Morgan fingerprint density at radius 2 is 1.84 bits per heavy atom. The molecular weight excluding hydrogens is 409 g/mol. The van der Waals surface area contributed by atoms with Gasteiger partial charge >= 0.3 is 0 Å². The van der Waals surface area contributed by atoms with Gasteiger partial charge in [0.15, 0.2) is 5.76 Å². The minimum Gasteiger partial charge on any atom is -0.356 e. The second kappa shape index (κ2) is 8.26. The minimum absolute atomic E-state index is 0.115. The van der Waals surface area contributed by atoms with Gasteiger partial charge in [-0.15, -0.1) is 0 Å². The van der Waals surface area contributed by atoms with Crippen LogP contribution in [0.4, 0.5) is 10.1 Å². The topological polar surface area (TPSA) is 75.4 Å². The molecule has 160 valence electrons. The molecule has 1 aliphatic rings. The van der Waals surface area contributed by atoms with Gasteiger partial charge in [0.25, 0.3) is 0 Å². The molecule has 0 radical (unpaired) electrons. The summed E-state index contributed by atoms with van der Waals surface area (Å²) in [6, 6.07) is 21.6. The first-order valence-corrected chi connectivity index (χ1v) is 10.4. The molecule has 1 aliphatic heterocycles. The smallest absolute Gasteiger partial charge is 0.227 e. The van der Waals surface area contributed by atoms with Crippen molar-refractivity contribution in [2.75, 3.05) is 11.4 Å². The standard InChI is InChI=1S/C25H20FN3O3/c26-20-7-9-22(10-8-20)29-15-19(12-24(29)30)25(31)27-14-21-13-23(32-28-21)18-6-5-16-3-1-2-4-17(16)11-18/h1-11,13,19H,12,14-15H2,(H,27,31).